The highest BCUT2D eigenvalue weighted by atomic mass is 16.4. The molecule has 104 valence electrons. The Labute approximate surface area is 109 Å². The van der Waals surface area contributed by atoms with Crippen molar-refractivity contribution in [2.45, 2.75) is 19.3 Å². The van der Waals surface area contributed by atoms with E-state index in [0.29, 0.717) is 0 Å². The molecule has 0 aromatic rings. The van der Waals surface area contributed by atoms with Gasteiger partial charge in [0.15, 0.2) is 0 Å². The largest absolute Gasteiger partial charge is 0.480 e. The standard InChI is InChI=1S/C13H25N3O2/c14-8-11-1-2-12(7-11)9-15-3-5-16(6-4-15)10-13(17)18/h11-12H,1-10,14H2,(H,17,18). The molecule has 0 aromatic heterocycles. The maximum Gasteiger partial charge on any atom is 0.317 e. The molecule has 1 saturated carbocycles. The first-order valence-corrected chi connectivity index (χ1v) is 7.04. The molecular formula is C13H25N3O2. The Bertz CT molecular complexity index is 277. The van der Waals surface area contributed by atoms with Crippen molar-refractivity contribution in [3.63, 3.8) is 0 Å². The van der Waals surface area contributed by atoms with Crippen LogP contribution >= 0.6 is 0 Å². The first-order chi connectivity index (χ1) is 8.67. The quantitative estimate of drug-likeness (QED) is 0.727. The van der Waals surface area contributed by atoms with E-state index in [1.807, 2.05) is 4.90 Å². The number of piperazine rings is 1. The van der Waals surface area contributed by atoms with E-state index in [9.17, 15) is 4.79 Å². The molecule has 0 radical (unpaired) electrons. The predicted molar refractivity (Wildman–Crippen MR) is 70.4 cm³/mol. The van der Waals surface area contributed by atoms with Crippen molar-refractivity contribution < 1.29 is 9.90 Å². The van der Waals surface area contributed by atoms with Crippen LogP contribution < -0.4 is 5.73 Å². The summed E-state index contributed by atoms with van der Waals surface area (Å²) in [6.45, 7) is 6.00. The Morgan fingerprint density at radius 2 is 1.72 bits per heavy atom. The van der Waals surface area contributed by atoms with E-state index in [4.69, 9.17) is 10.8 Å². The second kappa shape index (κ2) is 6.50. The van der Waals surface area contributed by atoms with Gasteiger partial charge in [-0.25, -0.2) is 0 Å². The highest BCUT2D eigenvalue weighted by molar-refractivity contribution is 5.69. The fourth-order valence-electron chi connectivity index (χ4n) is 3.24. The van der Waals surface area contributed by atoms with E-state index < -0.39 is 5.97 Å². The van der Waals surface area contributed by atoms with Gasteiger partial charge in [0, 0.05) is 32.7 Å². The van der Waals surface area contributed by atoms with Crippen LogP contribution in [0.2, 0.25) is 0 Å². The topological polar surface area (TPSA) is 69.8 Å². The maximum atomic E-state index is 10.6. The smallest absolute Gasteiger partial charge is 0.317 e. The van der Waals surface area contributed by atoms with Gasteiger partial charge >= 0.3 is 5.97 Å². The highest BCUT2D eigenvalue weighted by Crippen LogP contribution is 2.30. The van der Waals surface area contributed by atoms with Crippen molar-refractivity contribution in [2.75, 3.05) is 45.8 Å². The molecule has 1 saturated heterocycles. The molecule has 0 aromatic carbocycles. The van der Waals surface area contributed by atoms with E-state index in [1.54, 1.807) is 0 Å². The third-order valence-corrected chi connectivity index (χ3v) is 4.32. The van der Waals surface area contributed by atoms with Crippen LogP contribution in [0.15, 0.2) is 0 Å². The number of carbonyl (C=O) groups is 1. The third kappa shape index (κ3) is 3.93. The summed E-state index contributed by atoms with van der Waals surface area (Å²) in [6, 6.07) is 0. The lowest BCUT2D eigenvalue weighted by Crippen LogP contribution is -2.48. The lowest BCUT2D eigenvalue weighted by Gasteiger charge is -2.35. The summed E-state index contributed by atoms with van der Waals surface area (Å²) >= 11 is 0. The number of carboxylic acids is 1. The minimum Gasteiger partial charge on any atom is -0.480 e. The zero-order valence-electron chi connectivity index (χ0n) is 11.1. The average molecular weight is 255 g/mol. The SMILES string of the molecule is NCC1CCC(CN2CCN(CC(=O)O)CC2)C1. The zero-order valence-corrected chi connectivity index (χ0v) is 11.1. The van der Waals surface area contributed by atoms with E-state index in [-0.39, 0.29) is 6.54 Å². The van der Waals surface area contributed by atoms with Gasteiger partial charge in [-0.2, -0.15) is 0 Å². The predicted octanol–water partition coefficient (Wildman–Crippen LogP) is 0.0636. The van der Waals surface area contributed by atoms with Crippen molar-refractivity contribution in [2.24, 2.45) is 17.6 Å². The van der Waals surface area contributed by atoms with Gasteiger partial charge in [-0.05, 0) is 37.6 Å². The minimum absolute atomic E-state index is 0.187. The molecule has 2 unspecified atom stereocenters. The van der Waals surface area contributed by atoms with Gasteiger partial charge in [0.2, 0.25) is 0 Å². The Kier molecular flexibility index (Phi) is 4.97. The molecule has 5 heteroatoms. The van der Waals surface area contributed by atoms with Crippen LogP contribution in [-0.4, -0.2) is 66.7 Å². The molecule has 0 spiro atoms. The Balaban J connectivity index is 1.66. The fourth-order valence-corrected chi connectivity index (χ4v) is 3.24. The van der Waals surface area contributed by atoms with E-state index in [1.165, 1.54) is 25.8 Å². The highest BCUT2D eigenvalue weighted by Gasteiger charge is 2.27. The number of hydrogen-bond donors (Lipinski definition) is 2. The number of carboxylic acid groups (broad SMARTS) is 1. The van der Waals surface area contributed by atoms with Crippen molar-refractivity contribution in [1.82, 2.24) is 9.80 Å². The van der Waals surface area contributed by atoms with Crippen molar-refractivity contribution in [1.29, 1.82) is 0 Å². The van der Waals surface area contributed by atoms with Crippen LogP contribution in [0.5, 0.6) is 0 Å². The van der Waals surface area contributed by atoms with Gasteiger partial charge < -0.3 is 15.7 Å². The zero-order chi connectivity index (χ0) is 13.0. The summed E-state index contributed by atoms with van der Waals surface area (Å²) < 4.78 is 0. The first-order valence-electron chi connectivity index (χ1n) is 7.04. The minimum atomic E-state index is -0.718. The van der Waals surface area contributed by atoms with Gasteiger partial charge in [-0.1, -0.05) is 0 Å². The normalized spacial score (nSPS) is 30.7. The summed E-state index contributed by atoms with van der Waals surface area (Å²) in [4.78, 5) is 15.1. The van der Waals surface area contributed by atoms with Gasteiger partial charge in [0.25, 0.3) is 0 Å². The Morgan fingerprint density at radius 1 is 1.11 bits per heavy atom. The van der Waals surface area contributed by atoms with Crippen molar-refractivity contribution >= 4 is 5.97 Å². The second-order valence-corrected chi connectivity index (χ2v) is 5.75. The molecule has 3 N–H and O–H groups in total. The lowest BCUT2D eigenvalue weighted by atomic mass is 10.0. The van der Waals surface area contributed by atoms with Gasteiger partial charge in [0.05, 0.1) is 6.54 Å². The van der Waals surface area contributed by atoms with Crippen molar-refractivity contribution in [3.05, 3.63) is 0 Å². The average Bonchev–Trinajstić information content (AvgIpc) is 2.79. The summed E-state index contributed by atoms with van der Waals surface area (Å²) in [7, 11) is 0. The summed E-state index contributed by atoms with van der Waals surface area (Å²) in [5.74, 6) is 0.831. The van der Waals surface area contributed by atoms with Crippen LogP contribution in [-0.2, 0) is 4.79 Å². The van der Waals surface area contributed by atoms with E-state index in [0.717, 1.165) is 44.6 Å². The molecule has 2 fully saturated rings. The molecule has 2 rings (SSSR count). The Hall–Kier alpha value is -0.650. The van der Waals surface area contributed by atoms with E-state index in [2.05, 4.69) is 4.90 Å². The first kappa shape index (κ1) is 13.8. The molecule has 1 aliphatic carbocycles. The monoisotopic (exact) mass is 255 g/mol. The van der Waals surface area contributed by atoms with Crippen LogP contribution in [0.3, 0.4) is 0 Å². The molecule has 2 atom stereocenters. The lowest BCUT2D eigenvalue weighted by molar-refractivity contribution is -0.138. The number of rotatable bonds is 5. The number of nitrogens with zero attached hydrogens (tertiary/aromatic N) is 2. The third-order valence-electron chi connectivity index (χ3n) is 4.32. The van der Waals surface area contributed by atoms with Crippen LogP contribution in [0.1, 0.15) is 19.3 Å². The number of hydrogen-bond acceptors (Lipinski definition) is 4. The summed E-state index contributed by atoms with van der Waals surface area (Å²) in [5.41, 5.74) is 5.72. The summed E-state index contributed by atoms with van der Waals surface area (Å²) in [6.07, 6.45) is 3.89. The molecule has 5 nitrogen and oxygen atoms in total. The van der Waals surface area contributed by atoms with Gasteiger partial charge in [-0.15, -0.1) is 0 Å². The maximum absolute atomic E-state index is 10.6. The van der Waals surface area contributed by atoms with Crippen molar-refractivity contribution in [3.8, 4) is 0 Å². The van der Waals surface area contributed by atoms with Crippen LogP contribution in [0.25, 0.3) is 0 Å². The van der Waals surface area contributed by atoms with Crippen LogP contribution in [0, 0.1) is 11.8 Å². The summed E-state index contributed by atoms with van der Waals surface area (Å²) in [5, 5.41) is 8.75. The fraction of sp³-hybridized carbons (Fsp3) is 0.923. The second-order valence-electron chi connectivity index (χ2n) is 5.75. The van der Waals surface area contributed by atoms with Gasteiger partial charge in [-0.3, -0.25) is 9.69 Å². The van der Waals surface area contributed by atoms with Crippen LogP contribution in [0.4, 0.5) is 0 Å². The van der Waals surface area contributed by atoms with E-state index >= 15 is 0 Å². The molecule has 1 heterocycles. The van der Waals surface area contributed by atoms with Gasteiger partial charge in [0.1, 0.15) is 0 Å². The molecule has 0 amide bonds. The molecule has 2 aliphatic rings. The molecule has 0 bridgehead atoms. The number of aliphatic carboxylic acids is 1. The molecule has 1 aliphatic heterocycles. The Morgan fingerprint density at radius 3 is 2.28 bits per heavy atom. The molecule has 18 heavy (non-hydrogen) atoms. The number of nitrogens with two attached hydrogens (primary N) is 1. The molecular weight excluding hydrogens is 230 g/mol.